The predicted molar refractivity (Wildman–Crippen MR) is 78.6 cm³/mol. The smallest absolute Gasteiger partial charge is 0.408 e. The van der Waals surface area contributed by atoms with Gasteiger partial charge < -0.3 is 25.0 Å². The van der Waals surface area contributed by atoms with Crippen molar-refractivity contribution in [2.24, 2.45) is 0 Å². The molecule has 0 aromatic heterocycles. The van der Waals surface area contributed by atoms with Gasteiger partial charge in [0.25, 0.3) is 0 Å². The lowest BCUT2D eigenvalue weighted by Gasteiger charge is -2.22. The van der Waals surface area contributed by atoms with Crippen LogP contribution in [0.1, 0.15) is 37.9 Å². The molecule has 1 aromatic carbocycles. The number of hydrogen-bond acceptors (Lipinski definition) is 5. The maximum Gasteiger partial charge on any atom is 0.408 e. The van der Waals surface area contributed by atoms with Crippen molar-refractivity contribution in [1.82, 2.24) is 5.32 Å². The van der Waals surface area contributed by atoms with Crippen LogP contribution in [0.15, 0.2) is 18.2 Å². The van der Waals surface area contributed by atoms with Crippen molar-refractivity contribution < 1.29 is 29.3 Å². The lowest BCUT2D eigenvalue weighted by Crippen LogP contribution is -2.38. The van der Waals surface area contributed by atoms with E-state index in [0.29, 0.717) is 11.1 Å². The number of phenols is 1. The fraction of sp³-hybridized carbons (Fsp3) is 0.467. The van der Waals surface area contributed by atoms with Crippen LogP contribution in [0.3, 0.4) is 0 Å². The summed E-state index contributed by atoms with van der Waals surface area (Å²) in [7, 11) is 1.46. The van der Waals surface area contributed by atoms with Crippen molar-refractivity contribution in [3.63, 3.8) is 0 Å². The number of rotatable bonds is 5. The molecule has 1 aromatic rings. The van der Waals surface area contributed by atoms with Gasteiger partial charge in [0.1, 0.15) is 11.4 Å². The number of alkyl carbamates (subject to hydrolysis) is 1. The second-order valence-electron chi connectivity index (χ2n) is 5.74. The molecule has 1 rings (SSSR count). The Morgan fingerprint density at radius 2 is 1.95 bits per heavy atom. The summed E-state index contributed by atoms with van der Waals surface area (Å²) in [5, 5.41) is 21.3. The van der Waals surface area contributed by atoms with Crippen molar-refractivity contribution in [3.8, 4) is 5.75 Å². The molecule has 0 fully saturated rings. The monoisotopic (exact) mass is 311 g/mol. The van der Waals surface area contributed by atoms with E-state index in [-0.39, 0.29) is 12.4 Å². The number of aromatic hydroxyl groups is 1. The second-order valence-corrected chi connectivity index (χ2v) is 5.74. The molecule has 0 aliphatic rings. The topological polar surface area (TPSA) is 105 Å². The summed E-state index contributed by atoms with van der Waals surface area (Å²) < 4.78 is 9.99. The van der Waals surface area contributed by atoms with Crippen LogP contribution >= 0.6 is 0 Å². The Labute approximate surface area is 128 Å². The highest BCUT2D eigenvalue weighted by molar-refractivity contribution is 5.81. The molecule has 0 heterocycles. The maximum absolute atomic E-state index is 11.8. The molecule has 1 amide bonds. The molecule has 7 heteroatoms. The molecule has 0 aliphatic heterocycles. The van der Waals surface area contributed by atoms with Crippen LogP contribution in [0, 0.1) is 0 Å². The minimum Gasteiger partial charge on any atom is -0.508 e. The predicted octanol–water partition coefficient (Wildman–Crippen LogP) is 2.19. The van der Waals surface area contributed by atoms with Gasteiger partial charge in [-0.25, -0.2) is 9.59 Å². The Morgan fingerprint density at radius 3 is 2.45 bits per heavy atom. The third-order valence-electron chi connectivity index (χ3n) is 2.64. The number of benzene rings is 1. The van der Waals surface area contributed by atoms with E-state index in [1.807, 2.05) is 0 Å². The van der Waals surface area contributed by atoms with Gasteiger partial charge in [0.05, 0.1) is 6.61 Å². The van der Waals surface area contributed by atoms with Crippen LogP contribution in [0.25, 0.3) is 0 Å². The van der Waals surface area contributed by atoms with Crippen LogP contribution < -0.4 is 5.32 Å². The van der Waals surface area contributed by atoms with Crippen LogP contribution in [0.4, 0.5) is 4.79 Å². The van der Waals surface area contributed by atoms with E-state index in [2.05, 4.69) is 5.32 Å². The first-order chi connectivity index (χ1) is 10.1. The number of ether oxygens (including phenoxy) is 2. The first kappa shape index (κ1) is 17.8. The number of carbonyl (C=O) groups is 2. The number of nitrogens with one attached hydrogen (secondary N) is 1. The maximum atomic E-state index is 11.8. The summed E-state index contributed by atoms with van der Waals surface area (Å²) in [6, 6.07) is 2.96. The molecule has 0 saturated carbocycles. The number of carbonyl (C=O) groups excluding carboxylic acids is 1. The highest BCUT2D eigenvalue weighted by Crippen LogP contribution is 2.23. The van der Waals surface area contributed by atoms with Crippen molar-refractivity contribution in [1.29, 1.82) is 0 Å². The molecule has 7 nitrogen and oxygen atoms in total. The molecule has 1 unspecified atom stereocenters. The lowest BCUT2D eigenvalue weighted by molar-refractivity contribution is -0.139. The summed E-state index contributed by atoms with van der Waals surface area (Å²) >= 11 is 0. The summed E-state index contributed by atoms with van der Waals surface area (Å²) in [4.78, 5) is 23.1. The van der Waals surface area contributed by atoms with Crippen LogP contribution in [-0.4, -0.2) is 35.0 Å². The van der Waals surface area contributed by atoms with Crippen molar-refractivity contribution in [2.45, 2.75) is 39.0 Å². The van der Waals surface area contributed by atoms with E-state index in [1.54, 1.807) is 20.8 Å². The Morgan fingerprint density at radius 1 is 1.32 bits per heavy atom. The van der Waals surface area contributed by atoms with E-state index in [0.717, 1.165) is 0 Å². The third-order valence-corrected chi connectivity index (χ3v) is 2.64. The number of amides is 1. The number of carboxylic acids is 1. The SMILES string of the molecule is COCc1cc(C(NC(=O)OC(C)(C)C)C(=O)O)ccc1O. The Kier molecular flexibility index (Phi) is 5.76. The molecule has 0 aliphatic carbocycles. The summed E-state index contributed by atoms with van der Waals surface area (Å²) in [6.45, 7) is 5.16. The number of aliphatic carboxylic acids is 1. The van der Waals surface area contributed by atoms with Gasteiger partial charge in [-0.3, -0.25) is 0 Å². The molecule has 1 atom stereocenters. The number of phenolic OH excluding ortho intramolecular Hbond substituents is 1. The minimum atomic E-state index is -1.29. The molecule has 122 valence electrons. The van der Waals surface area contributed by atoms with Gasteiger partial charge >= 0.3 is 12.1 Å². The third kappa shape index (κ3) is 5.25. The molecular formula is C15H21NO6. The standard InChI is InChI=1S/C15H21NO6/c1-15(2,3)22-14(20)16-12(13(18)19)9-5-6-11(17)10(7-9)8-21-4/h5-7,12,17H,8H2,1-4H3,(H,16,20)(H,18,19). The van der Waals surface area contributed by atoms with Crippen LogP contribution in [0.5, 0.6) is 5.75 Å². The zero-order chi connectivity index (χ0) is 16.9. The highest BCUT2D eigenvalue weighted by Gasteiger charge is 2.26. The second kappa shape index (κ2) is 7.13. The summed E-state index contributed by atoms with van der Waals surface area (Å²) in [6.07, 6.45) is -0.832. The zero-order valence-electron chi connectivity index (χ0n) is 13.0. The fourth-order valence-corrected chi connectivity index (χ4v) is 1.77. The van der Waals surface area contributed by atoms with Crippen LogP contribution in [0.2, 0.25) is 0 Å². The molecular weight excluding hydrogens is 290 g/mol. The fourth-order valence-electron chi connectivity index (χ4n) is 1.77. The van der Waals surface area contributed by atoms with E-state index in [4.69, 9.17) is 9.47 Å². The Hall–Kier alpha value is -2.28. The quantitative estimate of drug-likeness (QED) is 0.770. The molecule has 0 spiro atoms. The Bertz CT molecular complexity index is 549. The lowest BCUT2D eigenvalue weighted by atomic mass is 10.0. The average Bonchev–Trinajstić information content (AvgIpc) is 2.36. The van der Waals surface area contributed by atoms with E-state index in [1.165, 1.54) is 25.3 Å². The van der Waals surface area contributed by atoms with Gasteiger partial charge in [-0.15, -0.1) is 0 Å². The normalized spacial score (nSPS) is 12.5. The van der Waals surface area contributed by atoms with Crippen molar-refractivity contribution in [3.05, 3.63) is 29.3 Å². The van der Waals surface area contributed by atoms with Crippen LogP contribution in [-0.2, 0) is 20.9 Å². The molecule has 0 saturated heterocycles. The van der Waals surface area contributed by atoms with Gasteiger partial charge in [-0.05, 0) is 38.5 Å². The van der Waals surface area contributed by atoms with E-state index >= 15 is 0 Å². The van der Waals surface area contributed by atoms with Gasteiger partial charge in [-0.1, -0.05) is 6.07 Å². The first-order valence-corrected chi connectivity index (χ1v) is 6.67. The first-order valence-electron chi connectivity index (χ1n) is 6.67. The Balaban J connectivity index is 2.99. The highest BCUT2D eigenvalue weighted by atomic mass is 16.6. The molecule has 3 N–H and O–H groups in total. The molecule has 22 heavy (non-hydrogen) atoms. The molecule has 0 radical (unpaired) electrons. The minimum absolute atomic E-state index is 0.00740. The number of carboxylic acid groups (broad SMARTS) is 1. The van der Waals surface area contributed by atoms with E-state index < -0.39 is 23.7 Å². The van der Waals surface area contributed by atoms with Crippen molar-refractivity contribution in [2.75, 3.05) is 7.11 Å². The number of methoxy groups -OCH3 is 1. The van der Waals surface area contributed by atoms with Gasteiger partial charge in [0.15, 0.2) is 6.04 Å². The summed E-state index contributed by atoms with van der Waals surface area (Å²) in [5.74, 6) is -1.24. The zero-order valence-corrected chi connectivity index (χ0v) is 13.0. The van der Waals surface area contributed by atoms with E-state index in [9.17, 15) is 19.8 Å². The van der Waals surface area contributed by atoms with Gasteiger partial charge in [0.2, 0.25) is 0 Å². The number of hydrogen-bond donors (Lipinski definition) is 3. The van der Waals surface area contributed by atoms with Gasteiger partial charge in [0, 0.05) is 12.7 Å². The average molecular weight is 311 g/mol. The van der Waals surface area contributed by atoms with Crippen molar-refractivity contribution >= 4 is 12.1 Å². The van der Waals surface area contributed by atoms with Gasteiger partial charge in [-0.2, -0.15) is 0 Å². The largest absolute Gasteiger partial charge is 0.508 e. The summed E-state index contributed by atoms with van der Waals surface area (Å²) in [5.41, 5.74) is 0.00369. The molecule has 0 bridgehead atoms.